The molecule has 0 heterocycles. The predicted molar refractivity (Wildman–Crippen MR) is 93.3 cm³/mol. The van der Waals surface area contributed by atoms with Crippen molar-refractivity contribution in [2.75, 3.05) is 5.32 Å². The van der Waals surface area contributed by atoms with Crippen LogP contribution in [0.1, 0.15) is 17.2 Å². The fraction of sp³-hybridized carbons (Fsp3) is 0.105. The van der Waals surface area contributed by atoms with Gasteiger partial charge in [0, 0.05) is 17.8 Å². The number of carbonyl (C=O) groups is 3. The molecule has 1 aliphatic rings. The van der Waals surface area contributed by atoms with Crippen LogP contribution >= 0.6 is 0 Å². The van der Waals surface area contributed by atoms with E-state index in [0.29, 0.717) is 28.3 Å². The van der Waals surface area contributed by atoms with Crippen molar-refractivity contribution in [2.24, 2.45) is 0 Å². The van der Waals surface area contributed by atoms with Gasteiger partial charge in [-0.3, -0.25) is 9.59 Å². The molecule has 3 rings (SSSR count). The minimum atomic E-state index is -5.04. The molecule has 0 radical (unpaired) electrons. The maximum absolute atomic E-state index is 12.7. The Morgan fingerprint density at radius 3 is 2.32 bits per heavy atom. The monoisotopic (exact) mass is 390 g/mol. The van der Waals surface area contributed by atoms with Gasteiger partial charge < -0.3 is 15.7 Å². The summed E-state index contributed by atoms with van der Waals surface area (Å²) < 4.78 is 38.2. The molecule has 2 amide bonds. The maximum atomic E-state index is 12.7. The average Bonchev–Trinajstić information content (AvgIpc) is 2.93. The van der Waals surface area contributed by atoms with Gasteiger partial charge in [-0.05, 0) is 34.4 Å². The first-order chi connectivity index (χ1) is 13.2. The molecule has 0 saturated heterocycles. The number of carbonyl (C=O) groups excluding carboxylic acids is 2. The average molecular weight is 390 g/mol. The topological polar surface area (TPSA) is 95.5 Å². The van der Waals surface area contributed by atoms with Crippen LogP contribution in [-0.2, 0) is 14.4 Å². The highest BCUT2D eigenvalue weighted by molar-refractivity contribution is 6.02. The third-order valence-corrected chi connectivity index (χ3v) is 4.10. The van der Waals surface area contributed by atoms with Crippen LogP contribution in [0.25, 0.3) is 11.1 Å². The van der Waals surface area contributed by atoms with Crippen LogP contribution in [0.5, 0.6) is 0 Å². The van der Waals surface area contributed by atoms with Gasteiger partial charge in [0.25, 0.3) is 0 Å². The summed E-state index contributed by atoms with van der Waals surface area (Å²) in [6.07, 6.45) is -3.57. The van der Waals surface area contributed by atoms with Crippen LogP contribution in [0.15, 0.2) is 54.6 Å². The quantitative estimate of drug-likeness (QED) is 0.700. The molecule has 0 saturated carbocycles. The lowest BCUT2D eigenvalue weighted by Gasteiger charge is -2.17. The highest BCUT2D eigenvalue weighted by Gasteiger charge is 2.42. The van der Waals surface area contributed by atoms with E-state index < -0.39 is 30.0 Å². The highest BCUT2D eigenvalue weighted by atomic mass is 19.4. The number of benzene rings is 2. The Bertz CT molecular complexity index is 999. The molecule has 3 N–H and O–H groups in total. The summed E-state index contributed by atoms with van der Waals surface area (Å²) >= 11 is 0. The van der Waals surface area contributed by atoms with E-state index in [4.69, 9.17) is 5.11 Å². The highest BCUT2D eigenvalue weighted by Crippen LogP contribution is 2.44. The minimum absolute atomic E-state index is 0.248. The van der Waals surface area contributed by atoms with Gasteiger partial charge in [0.05, 0.1) is 6.04 Å². The number of aliphatic carboxylic acids is 1. The van der Waals surface area contributed by atoms with Crippen molar-refractivity contribution in [3.8, 4) is 11.1 Å². The van der Waals surface area contributed by atoms with Crippen LogP contribution in [-0.4, -0.2) is 29.1 Å². The SMILES string of the molecule is O=C(O)/C=C/C(=O)Nc1ccc2c(c1)[C@@H](NC(=O)C(F)(F)F)c1ccccc1-2. The number of alkyl halides is 3. The molecule has 0 aromatic heterocycles. The molecule has 6 nitrogen and oxygen atoms in total. The fourth-order valence-corrected chi connectivity index (χ4v) is 2.99. The molecule has 1 atom stereocenters. The summed E-state index contributed by atoms with van der Waals surface area (Å²) in [4.78, 5) is 33.7. The zero-order valence-corrected chi connectivity index (χ0v) is 14.1. The second-order valence-corrected chi connectivity index (χ2v) is 5.95. The first kappa shape index (κ1) is 19.2. The molecule has 0 spiro atoms. The molecule has 1 aliphatic carbocycles. The summed E-state index contributed by atoms with van der Waals surface area (Å²) in [6.45, 7) is 0. The van der Waals surface area contributed by atoms with Crippen molar-refractivity contribution >= 4 is 23.5 Å². The number of anilines is 1. The number of halogens is 3. The Labute approximate surface area is 156 Å². The molecule has 0 bridgehead atoms. The van der Waals surface area contributed by atoms with Gasteiger partial charge >= 0.3 is 18.1 Å². The molecule has 9 heteroatoms. The second-order valence-electron chi connectivity index (χ2n) is 5.95. The zero-order chi connectivity index (χ0) is 20.5. The number of hydrogen-bond acceptors (Lipinski definition) is 3. The minimum Gasteiger partial charge on any atom is -0.478 e. The summed E-state index contributed by atoms with van der Waals surface area (Å²) in [5.41, 5.74) is 2.44. The van der Waals surface area contributed by atoms with E-state index >= 15 is 0 Å². The smallest absolute Gasteiger partial charge is 0.471 e. The molecular weight excluding hydrogens is 377 g/mol. The second kappa shape index (κ2) is 7.18. The van der Waals surface area contributed by atoms with Crippen molar-refractivity contribution < 1.29 is 32.7 Å². The van der Waals surface area contributed by atoms with E-state index in [9.17, 15) is 27.6 Å². The number of nitrogens with one attached hydrogen (secondary N) is 2. The molecule has 0 aliphatic heterocycles. The van der Waals surface area contributed by atoms with Gasteiger partial charge in [0.1, 0.15) is 0 Å². The molecule has 28 heavy (non-hydrogen) atoms. The van der Waals surface area contributed by atoms with E-state index in [1.807, 2.05) is 5.32 Å². The Morgan fingerprint density at radius 1 is 0.964 bits per heavy atom. The number of carboxylic acid groups (broad SMARTS) is 1. The first-order valence-corrected chi connectivity index (χ1v) is 8.00. The van der Waals surface area contributed by atoms with Gasteiger partial charge in [0.15, 0.2) is 0 Å². The largest absolute Gasteiger partial charge is 0.478 e. The molecule has 144 valence electrons. The Kier molecular flexibility index (Phi) is 4.91. The van der Waals surface area contributed by atoms with Gasteiger partial charge in [0.2, 0.25) is 5.91 Å². The molecular formula is C19H13F3N2O4. The van der Waals surface area contributed by atoms with Crippen LogP contribution in [0.4, 0.5) is 18.9 Å². The molecule has 0 unspecified atom stereocenters. The lowest BCUT2D eigenvalue weighted by atomic mass is 10.0. The van der Waals surface area contributed by atoms with E-state index in [1.165, 1.54) is 12.1 Å². The van der Waals surface area contributed by atoms with E-state index in [-0.39, 0.29) is 5.69 Å². The molecule has 2 aromatic carbocycles. The van der Waals surface area contributed by atoms with E-state index in [1.54, 1.807) is 30.3 Å². The van der Waals surface area contributed by atoms with Crippen molar-refractivity contribution in [3.05, 3.63) is 65.7 Å². The van der Waals surface area contributed by atoms with Crippen LogP contribution < -0.4 is 10.6 Å². The van der Waals surface area contributed by atoms with Crippen molar-refractivity contribution in [1.82, 2.24) is 5.32 Å². The molecule has 0 fully saturated rings. The third-order valence-electron chi connectivity index (χ3n) is 4.10. The normalized spacial score (nSPS) is 15.0. The first-order valence-electron chi connectivity index (χ1n) is 8.00. The van der Waals surface area contributed by atoms with Gasteiger partial charge in [-0.2, -0.15) is 13.2 Å². The zero-order valence-electron chi connectivity index (χ0n) is 14.1. The van der Waals surface area contributed by atoms with Crippen LogP contribution in [0.2, 0.25) is 0 Å². The Morgan fingerprint density at radius 2 is 1.64 bits per heavy atom. The lowest BCUT2D eigenvalue weighted by Crippen LogP contribution is -2.39. The number of amides is 2. The van der Waals surface area contributed by atoms with Crippen LogP contribution in [0.3, 0.4) is 0 Å². The summed E-state index contributed by atoms with van der Waals surface area (Å²) in [5, 5.41) is 13.0. The van der Waals surface area contributed by atoms with E-state index in [2.05, 4.69) is 5.32 Å². The third kappa shape index (κ3) is 3.88. The summed E-state index contributed by atoms with van der Waals surface area (Å²) in [6, 6.07) is 10.3. The fourth-order valence-electron chi connectivity index (χ4n) is 2.99. The predicted octanol–water partition coefficient (Wildman–Crippen LogP) is 3.01. The number of fused-ring (bicyclic) bond motifs is 3. The maximum Gasteiger partial charge on any atom is 0.471 e. The van der Waals surface area contributed by atoms with Gasteiger partial charge in [-0.15, -0.1) is 0 Å². The van der Waals surface area contributed by atoms with Gasteiger partial charge in [-0.25, -0.2) is 4.79 Å². The standard InChI is InChI=1S/C19H13F3N2O4/c20-19(21,22)18(28)24-17-13-4-2-1-3-11(13)12-6-5-10(9-14(12)17)23-15(25)7-8-16(26)27/h1-9,17H,(H,23,25)(H,24,28)(H,26,27)/b8-7+/t17-/m0/s1. The van der Waals surface area contributed by atoms with E-state index in [0.717, 1.165) is 6.08 Å². The summed E-state index contributed by atoms with van der Waals surface area (Å²) in [5.74, 6) is -4.08. The Hall–Kier alpha value is -3.62. The molecule has 2 aromatic rings. The number of carboxylic acids is 1. The Balaban J connectivity index is 1.95. The summed E-state index contributed by atoms with van der Waals surface area (Å²) in [7, 11) is 0. The van der Waals surface area contributed by atoms with Crippen molar-refractivity contribution in [3.63, 3.8) is 0 Å². The van der Waals surface area contributed by atoms with Gasteiger partial charge in [-0.1, -0.05) is 30.3 Å². The number of rotatable bonds is 4. The van der Waals surface area contributed by atoms with Crippen molar-refractivity contribution in [1.29, 1.82) is 0 Å². The lowest BCUT2D eigenvalue weighted by molar-refractivity contribution is -0.174. The van der Waals surface area contributed by atoms with Crippen molar-refractivity contribution in [2.45, 2.75) is 12.2 Å². The van der Waals surface area contributed by atoms with Crippen LogP contribution in [0, 0.1) is 0 Å². The number of hydrogen-bond donors (Lipinski definition) is 3.